The number of hydrogen-bond acceptors (Lipinski definition) is 6. The fourth-order valence-corrected chi connectivity index (χ4v) is 4.16. The van der Waals surface area contributed by atoms with E-state index >= 15 is 0 Å². The van der Waals surface area contributed by atoms with E-state index in [1.807, 2.05) is 42.5 Å². The summed E-state index contributed by atoms with van der Waals surface area (Å²) in [6, 6.07) is 21.3. The standard InChI is InChI=1S/C23H15N3O3S/c27-18-13-20(29-19-10-3-1-8-16(18)19)22(28)26(14-15-7-5-6-12-24-15)23-25-17-9-2-4-11-21(17)30-23/h1-13H,14H2. The number of benzene rings is 2. The first kappa shape index (κ1) is 18.2. The van der Waals surface area contributed by atoms with Gasteiger partial charge in [-0.3, -0.25) is 19.5 Å². The molecule has 5 rings (SSSR count). The van der Waals surface area contributed by atoms with Gasteiger partial charge in [0.2, 0.25) is 0 Å². The lowest BCUT2D eigenvalue weighted by atomic mass is 10.2. The van der Waals surface area contributed by atoms with Crippen molar-refractivity contribution in [2.24, 2.45) is 0 Å². The molecule has 6 nitrogen and oxygen atoms in total. The lowest BCUT2D eigenvalue weighted by Crippen LogP contribution is -2.31. The third kappa shape index (κ3) is 3.35. The second-order valence-corrected chi connectivity index (χ2v) is 7.66. The molecule has 0 aliphatic rings. The van der Waals surface area contributed by atoms with Gasteiger partial charge in [-0.25, -0.2) is 4.98 Å². The molecule has 1 amide bonds. The number of amides is 1. The van der Waals surface area contributed by atoms with Gasteiger partial charge in [0.05, 0.1) is 27.8 Å². The topological polar surface area (TPSA) is 76.3 Å². The van der Waals surface area contributed by atoms with Crippen molar-refractivity contribution in [1.29, 1.82) is 0 Å². The smallest absolute Gasteiger partial charge is 0.296 e. The minimum absolute atomic E-state index is 0.0334. The van der Waals surface area contributed by atoms with E-state index in [2.05, 4.69) is 9.97 Å². The molecule has 0 N–H and O–H groups in total. The van der Waals surface area contributed by atoms with Crippen LogP contribution in [-0.4, -0.2) is 15.9 Å². The molecule has 0 aliphatic heterocycles. The molecule has 146 valence electrons. The first-order valence-electron chi connectivity index (χ1n) is 9.29. The molecule has 2 aromatic carbocycles. The molecule has 0 aliphatic carbocycles. The van der Waals surface area contributed by atoms with Crippen LogP contribution in [0.25, 0.3) is 21.2 Å². The first-order valence-corrected chi connectivity index (χ1v) is 10.1. The summed E-state index contributed by atoms with van der Waals surface area (Å²) in [6.07, 6.45) is 1.67. The van der Waals surface area contributed by atoms with Crippen LogP contribution in [0.5, 0.6) is 0 Å². The molecule has 30 heavy (non-hydrogen) atoms. The molecule has 5 aromatic rings. The summed E-state index contributed by atoms with van der Waals surface area (Å²) >= 11 is 1.40. The summed E-state index contributed by atoms with van der Waals surface area (Å²) in [7, 11) is 0. The van der Waals surface area contributed by atoms with Gasteiger partial charge in [0.25, 0.3) is 5.91 Å². The summed E-state index contributed by atoms with van der Waals surface area (Å²) < 4.78 is 6.75. The molecule has 0 bridgehead atoms. The highest BCUT2D eigenvalue weighted by Crippen LogP contribution is 2.30. The predicted octanol–water partition coefficient (Wildman–Crippen LogP) is 4.64. The number of carbonyl (C=O) groups is 1. The summed E-state index contributed by atoms with van der Waals surface area (Å²) in [5.74, 6) is -0.476. The Morgan fingerprint density at radius 3 is 2.63 bits per heavy atom. The molecular formula is C23H15N3O3S. The molecule has 0 unspecified atom stereocenters. The number of pyridine rings is 1. The summed E-state index contributed by atoms with van der Waals surface area (Å²) in [5.41, 5.74) is 1.61. The Labute approximate surface area is 175 Å². The van der Waals surface area contributed by atoms with E-state index in [9.17, 15) is 9.59 Å². The zero-order chi connectivity index (χ0) is 20.5. The van der Waals surface area contributed by atoms with Crippen molar-refractivity contribution < 1.29 is 9.21 Å². The molecule has 0 saturated heterocycles. The van der Waals surface area contributed by atoms with Gasteiger partial charge in [0.15, 0.2) is 16.3 Å². The molecule has 7 heteroatoms. The van der Waals surface area contributed by atoms with Gasteiger partial charge in [-0.05, 0) is 36.4 Å². The number of fused-ring (bicyclic) bond motifs is 2. The zero-order valence-corrected chi connectivity index (χ0v) is 16.5. The van der Waals surface area contributed by atoms with Crippen LogP contribution in [0, 0.1) is 0 Å². The van der Waals surface area contributed by atoms with Crippen LogP contribution in [-0.2, 0) is 6.54 Å². The number of aromatic nitrogens is 2. The van der Waals surface area contributed by atoms with Crippen LogP contribution in [0.15, 0.2) is 88.2 Å². The maximum atomic E-state index is 13.5. The van der Waals surface area contributed by atoms with E-state index in [1.165, 1.54) is 22.3 Å². The van der Waals surface area contributed by atoms with Crippen LogP contribution in [0.1, 0.15) is 16.2 Å². The number of hydrogen-bond donors (Lipinski definition) is 0. The number of nitrogens with zero attached hydrogens (tertiary/aromatic N) is 3. The second-order valence-electron chi connectivity index (χ2n) is 6.65. The lowest BCUT2D eigenvalue weighted by Gasteiger charge is -2.19. The number of thiazole rings is 1. The van der Waals surface area contributed by atoms with Crippen molar-refractivity contribution in [2.45, 2.75) is 6.54 Å². The predicted molar refractivity (Wildman–Crippen MR) is 117 cm³/mol. The number of anilines is 1. The molecule has 3 heterocycles. The molecule has 3 aromatic heterocycles. The van der Waals surface area contributed by atoms with Crippen LogP contribution in [0.3, 0.4) is 0 Å². The third-order valence-corrected chi connectivity index (χ3v) is 5.71. The van der Waals surface area contributed by atoms with Crippen molar-refractivity contribution >= 4 is 43.6 Å². The van der Waals surface area contributed by atoms with E-state index < -0.39 is 5.91 Å². The van der Waals surface area contributed by atoms with E-state index in [1.54, 1.807) is 30.5 Å². The minimum atomic E-state index is -0.442. The minimum Gasteiger partial charge on any atom is -0.451 e. The number of rotatable bonds is 4. The Bertz CT molecular complexity index is 1390. The number of carbonyl (C=O) groups excluding carboxylic acids is 1. The first-order chi connectivity index (χ1) is 14.7. The fraction of sp³-hybridized carbons (Fsp3) is 0.0435. The Hall–Kier alpha value is -3.84. The van der Waals surface area contributed by atoms with Gasteiger partial charge in [0, 0.05) is 12.3 Å². The molecule has 0 fully saturated rings. The monoisotopic (exact) mass is 413 g/mol. The quantitative estimate of drug-likeness (QED) is 0.429. The molecular weight excluding hydrogens is 398 g/mol. The average Bonchev–Trinajstić information content (AvgIpc) is 3.22. The zero-order valence-electron chi connectivity index (χ0n) is 15.7. The fourth-order valence-electron chi connectivity index (χ4n) is 3.20. The molecule has 0 radical (unpaired) electrons. The largest absolute Gasteiger partial charge is 0.451 e. The molecule has 0 spiro atoms. The Morgan fingerprint density at radius 1 is 1.00 bits per heavy atom. The van der Waals surface area contributed by atoms with Crippen LogP contribution >= 0.6 is 11.3 Å². The highest BCUT2D eigenvalue weighted by molar-refractivity contribution is 7.22. The van der Waals surface area contributed by atoms with E-state index in [0.29, 0.717) is 21.8 Å². The van der Waals surface area contributed by atoms with Gasteiger partial charge < -0.3 is 4.42 Å². The van der Waals surface area contributed by atoms with Crippen molar-refractivity contribution in [2.75, 3.05) is 4.90 Å². The van der Waals surface area contributed by atoms with E-state index in [4.69, 9.17) is 4.42 Å². The Kier molecular flexibility index (Phi) is 4.57. The van der Waals surface area contributed by atoms with Crippen LogP contribution in [0.4, 0.5) is 5.13 Å². The lowest BCUT2D eigenvalue weighted by molar-refractivity contribution is 0.0958. The molecule has 0 atom stereocenters. The Morgan fingerprint density at radius 2 is 1.80 bits per heavy atom. The van der Waals surface area contributed by atoms with Crippen LogP contribution in [0.2, 0.25) is 0 Å². The van der Waals surface area contributed by atoms with Crippen molar-refractivity contribution in [3.8, 4) is 0 Å². The van der Waals surface area contributed by atoms with Gasteiger partial charge in [0.1, 0.15) is 5.58 Å². The van der Waals surface area contributed by atoms with Crippen molar-refractivity contribution in [3.05, 3.63) is 101 Å². The maximum Gasteiger partial charge on any atom is 0.296 e. The highest BCUT2D eigenvalue weighted by atomic mass is 32.1. The van der Waals surface area contributed by atoms with E-state index in [0.717, 1.165) is 10.2 Å². The second kappa shape index (κ2) is 7.53. The SMILES string of the molecule is O=C(c1cc(=O)c2ccccc2o1)N(Cc1ccccn1)c1nc2ccccc2s1. The molecule has 0 saturated carbocycles. The van der Waals surface area contributed by atoms with Crippen molar-refractivity contribution in [1.82, 2.24) is 9.97 Å². The maximum absolute atomic E-state index is 13.5. The summed E-state index contributed by atoms with van der Waals surface area (Å²) in [6.45, 7) is 0.204. The van der Waals surface area contributed by atoms with Gasteiger partial charge in [-0.15, -0.1) is 0 Å². The van der Waals surface area contributed by atoms with E-state index in [-0.39, 0.29) is 17.7 Å². The van der Waals surface area contributed by atoms with Gasteiger partial charge in [-0.1, -0.05) is 41.7 Å². The third-order valence-electron chi connectivity index (χ3n) is 4.65. The average molecular weight is 413 g/mol. The highest BCUT2D eigenvalue weighted by Gasteiger charge is 2.25. The number of para-hydroxylation sites is 2. The Balaban J connectivity index is 1.62. The van der Waals surface area contributed by atoms with Gasteiger partial charge in [-0.2, -0.15) is 0 Å². The van der Waals surface area contributed by atoms with Crippen molar-refractivity contribution in [3.63, 3.8) is 0 Å². The normalized spacial score (nSPS) is 11.1. The van der Waals surface area contributed by atoms with Gasteiger partial charge >= 0.3 is 0 Å². The summed E-state index contributed by atoms with van der Waals surface area (Å²) in [5, 5.41) is 0.952. The summed E-state index contributed by atoms with van der Waals surface area (Å²) in [4.78, 5) is 36.4. The van der Waals surface area contributed by atoms with Crippen LogP contribution < -0.4 is 10.3 Å².